The second-order valence-electron chi connectivity index (χ2n) is 23.0. The number of anilines is 2. The predicted molar refractivity (Wildman–Crippen MR) is 316 cm³/mol. The fraction of sp³-hybridized carbons (Fsp3) is 0.382. The quantitative estimate of drug-likeness (QED) is 0.0740. The molecule has 6 aliphatic carbocycles. The number of rotatable bonds is 16. The van der Waals surface area contributed by atoms with Gasteiger partial charge in [-0.2, -0.15) is 0 Å². The van der Waals surface area contributed by atoms with Crippen molar-refractivity contribution in [3.8, 4) is 22.3 Å². The minimum Gasteiger partial charge on any atom is -0.445 e. The molecular formula is C68H74N6O8. The van der Waals surface area contributed by atoms with Gasteiger partial charge in [-0.1, -0.05) is 147 Å². The van der Waals surface area contributed by atoms with E-state index in [9.17, 15) is 28.8 Å². The number of nitrogens with zero attached hydrogens (tertiary/aromatic N) is 2. The molecule has 2 aliphatic heterocycles. The van der Waals surface area contributed by atoms with Crippen LogP contribution in [0.1, 0.15) is 110 Å². The van der Waals surface area contributed by atoms with E-state index in [0.717, 1.165) is 110 Å². The van der Waals surface area contributed by atoms with Gasteiger partial charge in [-0.15, -0.1) is 0 Å². The molecule has 14 rings (SSSR count). The lowest BCUT2D eigenvalue weighted by Gasteiger charge is -2.31. The van der Waals surface area contributed by atoms with Gasteiger partial charge in [0.25, 0.3) is 0 Å². The van der Waals surface area contributed by atoms with Crippen molar-refractivity contribution in [3.05, 3.63) is 179 Å². The number of amides is 6. The number of carbonyl (C=O) groups is 6. The largest absolute Gasteiger partial charge is 0.445 e. The van der Waals surface area contributed by atoms with Gasteiger partial charge in [0, 0.05) is 24.5 Å². The molecule has 2 saturated carbocycles. The van der Waals surface area contributed by atoms with E-state index in [1.807, 2.05) is 97.1 Å². The first-order valence-corrected chi connectivity index (χ1v) is 29.7. The van der Waals surface area contributed by atoms with Crippen molar-refractivity contribution in [3.63, 3.8) is 0 Å². The second-order valence-corrected chi connectivity index (χ2v) is 23.0. The van der Waals surface area contributed by atoms with Crippen molar-refractivity contribution in [1.82, 2.24) is 20.4 Å². The minimum atomic E-state index is -0.769. The van der Waals surface area contributed by atoms with Crippen molar-refractivity contribution in [1.29, 1.82) is 0 Å². The van der Waals surface area contributed by atoms with Gasteiger partial charge >= 0.3 is 12.2 Å². The zero-order valence-electron chi connectivity index (χ0n) is 46.6. The lowest BCUT2D eigenvalue weighted by atomic mass is 9.87. The molecule has 8 aliphatic rings. The number of likely N-dealkylation sites (tertiary alicyclic amines) is 2. The first kappa shape index (κ1) is 55.6. The minimum absolute atomic E-state index is 0.0243. The molecule has 0 spiro atoms. The van der Waals surface area contributed by atoms with Crippen molar-refractivity contribution >= 4 is 47.2 Å². The maximum atomic E-state index is 14.4. The number of hydrogen-bond acceptors (Lipinski definition) is 8. The summed E-state index contributed by atoms with van der Waals surface area (Å²) in [7, 11) is 0. The highest BCUT2D eigenvalue weighted by Gasteiger charge is 2.43. The fourth-order valence-corrected chi connectivity index (χ4v) is 13.2. The van der Waals surface area contributed by atoms with Gasteiger partial charge in [-0.05, 0) is 169 Å². The molecule has 14 heteroatoms. The molecule has 0 radical (unpaired) electrons. The van der Waals surface area contributed by atoms with E-state index in [2.05, 4.69) is 69.8 Å². The van der Waals surface area contributed by atoms with E-state index in [1.54, 1.807) is 9.80 Å². The van der Waals surface area contributed by atoms with Crippen LogP contribution in [0.4, 0.5) is 21.0 Å². The number of nitrogens with one attached hydrogen (secondary N) is 4. The molecule has 6 aromatic carbocycles. The highest BCUT2D eigenvalue weighted by Crippen LogP contribution is 2.36. The van der Waals surface area contributed by atoms with Crippen LogP contribution in [0.15, 0.2) is 146 Å². The van der Waals surface area contributed by atoms with Gasteiger partial charge in [0.2, 0.25) is 23.6 Å². The van der Waals surface area contributed by atoms with Crippen LogP contribution >= 0.6 is 0 Å². The van der Waals surface area contributed by atoms with Crippen LogP contribution < -0.4 is 21.3 Å². The molecule has 14 nitrogen and oxygen atoms in total. The Morgan fingerprint density at radius 3 is 1.27 bits per heavy atom. The third-order valence-electron chi connectivity index (χ3n) is 17.5. The topological polar surface area (TPSA) is 175 Å². The summed E-state index contributed by atoms with van der Waals surface area (Å²) in [5.74, 6) is -0.998. The average molecular weight is 1100 g/mol. The third kappa shape index (κ3) is 13.4. The first-order chi connectivity index (χ1) is 40.1. The van der Waals surface area contributed by atoms with Gasteiger partial charge < -0.3 is 40.5 Å². The second kappa shape index (κ2) is 26.1. The molecule has 6 aromatic rings. The maximum Gasteiger partial charge on any atom is 0.408 e. The first-order valence-electron chi connectivity index (χ1n) is 29.7. The number of hydrogen-bond donors (Lipinski definition) is 4. The molecule has 4 bridgehead atoms. The zero-order chi connectivity index (χ0) is 56.4. The molecule has 2 saturated heterocycles. The van der Waals surface area contributed by atoms with E-state index in [4.69, 9.17) is 9.47 Å². The molecule has 0 aromatic heterocycles. The summed E-state index contributed by atoms with van der Waals surface area (Å²) in [5.41, 5.74) is 12.0. The molecule has 4 fully saturated rings. The third-order valence-corrected chi connectivity index (χ3v) is 17.5. The van der Waals surface area contributed by atoms with Crippen LogP contribution in [0.2, 0.25) is 0 Å². The number of carbonyl (C=O) groups excluding carboxylic acids is 6. The van der Waals surface area contributed by atoms with E-state index in [-0.39, 0.29) is 48.7 Å². The summed E-state index contributed by atoms with van der Waals surface area (Å²) in [5, 5.41) is 12.2. The summed E-state index contributed by atoms with van der Waals surface area (Å²) >= 11 is 0. The molecule has 6 amide bonds. The molecule has 4 N–H and O–H groups in total. The highest BCUT2D eigenvalue weighted by molar-refractivity contribution is 6.00. The van der Waals surface area contributed by atoms with E-state index >= 15 is 0 Å². The van der Waals surface area contributed by atoms with Crippen LogP contribution in [0, 0.1) is 11.8 Å². The number of ether oxygens (including phenoxy) is 2. The van der Waals surface area contributed by atoms with Crippen LogP contribution in [0.3, 0.4) is 0 Å². The number of benzene rings is 6. The van der Waals surface area contributed by atoms with E-state index in [0.29, 0.717) is 50.1 Å². The lowest BCUT2D eigenvalue weighted by Crippen LogP contribution is -2.55. The smallest absolute Gasteiger partial charge is 0.408 e. The summed E-state index contributed by atoms with van der Waals surface area (Å²) in [6, 6.07) is 45.4. The Hall–Kier alpha value is -8.26. The van der Waals surface area contributed by atoms with Crippen LogP contribution in [0.5, 0.6) is 0 Å². The standard InChI is InChI=1S/C68H74N6O8/c75-63(59-27-13-37-73(59)65(77)61(51-19-7-8-20-51)71-67(79)81-43-47-15-3-1-4-16-47)69-55-25-11-23-53(41-55)57-39-45-29-33-49(57)35-31-46-30-34-50(36-32-45)58(40-46)54-24-12-26-56(42-54)70-64(76)60-28-14-38-74(60)66(78)62(52-21-9-10-22-52)72-68(80)82-44-48-17-5-2-6-18-48/h1-6,11-12,15-18,23-26,29-30,33-34,39-42,51-52,59-62H,7-10,13-14,19-22,27-28,31-32,35-38,43-44H2,(H,69,75)(H,70,76)(H,71,79)(H,72,80)/t59-,60-,61-,62-/m0/s1. The van der Waals surface area contributed by atoms with Crippen molar-refractivity contribution < 1.29 is 38.2 Å². The Balaban J connectivity index is 0.735. The zero-order valence-corrected chi connectivity index (χ0v) is 46.6. The van der Waals surface area contributed by atoms with Crippen LogP contribution in [-0.2, 0) is 67.5 Å². The Kier molecular flexibility index (Phi) is 17.7. The molecular weight excluding hydrogens is 1030 g/mol. The molecule has 424 valence electrons. The Labute approximate surface area is 480 Å². The number of alkyl carbamates (subject to hydrolysis) is 2. The Morgan fingerprint density at radius 2 is 0.854 bits per heavy atom. The summed E-state index contributed by atoms with van der Waals surface area (Å²) in [6.07, 6.45) is 11.5. The SMILES string of the molecule is O=C(N[C@H](C(=O)N1CCC[C@H]1C(=O)Nc1cccc(-c2cc3ccc2CCc2ccc(c(-c4cccc(NC(=O)[C@@H]5CCCN5C(=O)[C@@H](NC(=O)OCc5ccccc5)C5CCCC5)c4)c2)CC3)c1)C1CCCC1)OCc1ccccc1. The summed E-state index contributed by atoms with van der Waals surface area (Å²) in [4.78, 5) is 86.7. The Bertz CT molecular complexity index is 3050. The summed E-state index contributed by atoms with van der Waals surface area (Å²) < 4.78 is 11.1. The van der Waals surface area contributed by atoms with E-state index in [1.165, 1.54) is 22.3 Å². The van der Waals surface area contributed by atoms with Crippen molar-refractivity contribution in [2.24, 2.45) is 11.8 Å². The fourth-order valence-electron chi connectivity index (χ4n) is 13.2. The van der Waals surface area contributed by atoms with Gasteiger partial charge in [0.15, 0.2) is 0 Å². The molecule has 2 heterocycles. The van der Waals surface area contributed by atoms with Gasteiger partial charge in [0.1, 0.15) is 37.4 Å². The Morgan fingerprint density at radius 1 is 0.439 bits per heavy atom. The van der Waals surface area contributed by atoms with Gasteiger partial charge in [-0.25, -0.2) is 9.59 Å². The summed E-state index contributed by atoms with van der Waals surface area (Å²) in [6.45, 7) is 1.08. The van der Waals surface area contributed by atoms with Crippen LogP contribution in [-0.4, -0.2) is 82.9 Å². The van der Waals surface area contributed by atoms with Crippen LogP contribution in [0.25, 0.3) is 22.3 Å². The monoisotopic (exact) mass is 1100 g/mol. The highest BCUT2D eigenvalue weighted by atomic mass is 16.6. The molecule has 0 unspecified atom stereocenters. The molecule has 4 atom stereocenters. The normalized spacial score (nSPS) is 18.7. The van der Waals surface area contributed by atoms with Crippen molar-refractivity contribution in [2.75, 3.05) is 23.7 Å². The van der Waals surface area contributed by atoms with Crippen molar-refractivity contribution in [2.45, 2.75) is 140 Å². The average Bonchev–Trinajstić information content (AvgIpc) is 4.40. The molecule has 82 heavy (non-hydrogen) atoms. The lowest BCUT2D eigenvalue weighted by molar-refractivity contribution is -0.139. The number of aryl methyl sites for hydroxylation is 4. The van der Waals surface area contributed by atoms with Gasteiger partial charge in [0.05, 0.1) is 0 Å². The van der Waals surface area contributed by atoms with E-state index < -0.39 is 36.4 Å². The maximum absolute atomic E-state index is 14.4. The predicted octanol–water partition coefficient (Wildman–Crippen LogP) is 11.7. The van der Waals surface area contributed by atoms with Gasteiger partial charge in [-0.3, -0.25) is 19.2 Å².